The van der Waals surface area contributed by atoms with E-state index in [-0.39, 0.29) is 20.1 Å². The van der Waals surface area contributed by atoms with Gasteiger partial charge in [0.1, 0.15) is 0 Å². The van der Waals surface area contributed by atoms with Crippen molar-refractivity contribution in [1.82, 2.24) is 4.90 Å². The summed E-state index contributed by atoms with van der Waals surface area (Å²) in [6, 6.07) is 1.92. The summed E-state index contributed by atoms with van der Waals surface area (Å²) in [5, 5.41) is 0. The van der Waals surface area contributed by atoms with E-state index in [4.69, 9.17) is 0 Å². The normalized spacial score (nSPS) is 39.3. The van der Waals surface area contributed by atoms with Gasteiger partial charge in [-0.25, -0.2) is 0 Å². The first-order valence-corrected chi connectivity index (χ1v) is 4.10. The van der Waals surface area contributed by atoms with Crippen LogP contribution in [0.1, 0.15) is 32.1 Å². The molecule has 1 nitrogen and oxygen atoms in total. The van der Waals surface area contributed by atoms with Crippen molar-refractivity contribution in [3.63, 3.8) is 0 Å². The number of hydrogen-bond donors (Lipinski definition) is 0. The van der Waals surface area contributed by atoms with Gasteiger partial charge in [0.2, 0.25) is 0 Å². The Morgan fingerprint density at radius 3 is 1.90 bits per heavy atom. The molecule has 0 N–H and O–H groups in total. The molecule has 0 aromatic rings. The van der Waals surface area contributed by atoms with E-state index in [0.29, 0.717) is 0 Å². The van der Waals surface area contributed by atoms with Crippen LogP contribution in [0.5, 0.6) is 0 Å². The van der Waals surface area contributed by atoms with Crippen LogP contribution < -0.4 is 0 Å². The van der Waals surface area contributed by atoms with Crippen molar-refractivity contribution in [3.8, 4) is 0 Å². The van der Waals surface area contributed by atoms with E-state index in [1.165, 1.54) is 32.1 Å². The fourth-order valence-electron chi connectivity index (χ4n) is 2.38. The van der Waals surface area contributed by atoms with E-state index in [1.807, 2.05) is 0 Å². The first-order valence-electron chi connectivity index (χ1n) is 4.10. The zero-order valence-electron chi connectivity index (χ0n) is 6.47. The van der Waals surface area contributed by atoms with Crippen molar-refractivity contribution >= 4 is 0 Å². The van der Waals surface area contributed by atoms with Gasteiger partial charge in [0.25, 0.3) is 0 Å². The molecule has 2 fully saturated rings. The van der Waals surface area contributed by atoms with Crippen LogP contribution in [-0.4, -0.2) is 24.0 Å². The van der Waals surface area contributed by atoms with Crippen molar-refractivity contribution < 1.29 is 20.1 Å². The molecule has 2 rings (SSSR count). The standard InChI is InChI=1S/C8H15N.Ir/c1-9-7-3-2-4-8(9)6-5-7;/h7-8H,2-6H2,1H3;/t7-,8+;. The van der Waals surface area contributed by atoms with Gasteiger partial charge in [0.05, 0.1) is 0 Å². The number of hydrogen-bond acceptors (Lipinski definition) is 1. The Morgan fingerprint density at radius 1 is 1.00 bits per heavy atom. The monoisotopic (exact) mass is 318 g/mol. The number of fused-ring (bicyclic) bond motifs is 2. The molecule has 61 valence electrons. The van der Waals surface area contributed by atoms with Crippen LogP contribution >= 0.6 is 0 Å². The average molecular weight is 317 g/mol. The van der Waals surface area contributed by atoms with Gasteiger partial charge >= 0.3 is 0 Å². The van der Waals surface area contributed by atoms with Crippen molar-refractivity contribution in [1.29, 1.82) is 0 Å². The Hall–Kier alpha value is 0.609. The largest absolute Gasteiger partial charge is 0.300 e. The summed E-state index contributed by atoms with van der Waals surface area (Å²) >= 11 is 0. The first-order chi connectivity index (χ1) is 4.38. The first kappa shape index (κ1) is 8.70. The minimum atomic E-state index is 0. The Bertz CT molecular complexity index is 99.8. The summed E-state index contributed by atoms with van der Waals surface area (Å²) in [5.74, 6) is 0. The molecule has 0 saturated carbocycles. The second-order valence-corrected chi connectivity index (χ2v) is 3.48. The van der Waals surface area contributed by atoms with E-state index < -0.39 is 0 Å². The number of nitrogens with zero attached hydrogens (tertiary/aromatic N) is 1. The van der Waals surface area contributed by atoms with Crippen LogP contribution in [0.25, 0.3) is 0 Å². The molecule has 1 radical (unpaired) electrons. The predicted octanol–water partition coefficient (Wildman–Crippen LogP) is 1.63. The molecule has 0 spiro atoms. The molecule has 2 heteroatoms. The molecule has 0 amide bonds. The smallest absolute Gasteiger partial charge is 0.00957 e. The molecule has 2 heterocycles. The zero-order valence-corrected chi connectivity index (χ0v) is 8.87. The minimum absolute atomic E-state index is 0. The third-order valence-electron chi connectivity index (χ3n) is 3.06. The molecule has 2 aliphatic heterocycles. The van der Waals surface area contributed by atoms with Crippen molar-refractivity contribution in [2.24, 2.45) is 0 Å². The minimum Gasteiger partial charge on any atom is -0.300 e. The summed E-state index contributed by atoms with van der Waals surface area (Å²) in [6.45, 7) is 0. The van der Waals surface area contributed by atoms with Gasteiger partial charge in [0.15, 0.2) is 0 Å². The van der Waals surface area contributed by atoms with E-state index in [9.17, 15) is 0 Å². The van der Waals surface area contributed by atoms with Gasteiger partial charge in [-0.15, -0.1) is 0 Å². The van der Waals surface area contributed by atoms with Crippen LogP contribution in [0.2, 0.25) is 0 Å². The average Bonchev–Trinajstić information content (AvgIpc) is 2.19. The quantitative estimate of drug-likeness (QED) is 0.656. The Labute approximate surface area is 76.5 Å². The second-order valence-electron chi connectivity index (χ2n) is 3.48. The SMILES string of the molecule is CN1[C@@H]2CCC[C@H]1CC2.[Ir]. The van der Waals surface area contributed by atoms with Gasteiger partial charge in [-0.2, -0.15) is 0 Å². The molecule has 2 bridgehead atoms. The summed E-state index contributed by atoms with van der Waals surface area (Å²) < 4.78 is 0. The second kappa shape index (κ2) is 3.34. The molecule has 10 heavy (non-hydrogen) atoms. The van der Waals surface area contributed by atoms with E-state index in [1.54, 1.807) is 0 Å². The molecule has 0 aromatic carbocycles. The van der Waals surface area contributed by atoms with Crippen molar-refractivity contribution in [3.05, 3.63) is 0 Å². The maximum absolute atomic E-state index is 2.59. The van der Waals surface area contributed by atoms with Gasteiger partial charge in [0, 0.05) is 32.2 Å². The van der Waals surface area contributed by atoms with E-state index >= 15 is 0 Å². The third kappa shape index (κ3) is 1.30. The van der Waals surface area contributed by atoms with Crippen LogP contribution in [0.3, 0.4) is 0 Å². The predicted molar refractivity (Wildman–Crippen MR) is 38.4 cm³/mol. The number of rotatable bonds is 0. The molecule has 0 unspecified atom stereocenters. The summed E-state index contributed by atoms with van der Waals surface area (Å²) in [4.78, 5) is 2.59. The van der Waals surface area contributed by atoms with Crippen LogP contribution in [-0.2, 0) is 20.1 Å². The molecular weight excluding hydrogens is 302 g/mol. The maximum atomic E-state index is 2.59. The third-order valence-corrected chi connectivity index (χ3v) is 3.06. The molecule has 2 aliphatic rings. The maximum Gasteiger partial charge on any atom is 0.00957 e. The van der Waals surface area contributed by atoms with Gasteiger partial charge in [-0.1, -0.05) is 6.42 Å². The fraction of sp³-hybridized carbons (Fsp3) is 1.00. The summed E-state index contributed by atoms with van der Waals surface area (Å²) in [6.07, 6.45) is 7.36. The van der Waals surface area contributed by atoms with Gasteiger partial charge in [-0.05, 0) is 32.7 Å². The summed E-state index contributed by atoms with van der Waals surface area (Å²) in [7, 11) is 2.29. The Kier molecular flexibility index (Phi) is 2.90. The van der Waals surface area contributed by atoms with E-state index in [2.05, 4.69) is 11.9 Å². The molecule has 2 atom stereocenters. The zero-order chi connectivity index (χ0) is 6.27. The summed E-state index contributed by atoms with van der Waals surface area (Å²) in [5.41, 5.74) is 0. The van der Waals surface area contributed by atoms with Crippen LogP contribution in [0.15, 0.2) is 0 Å². The van der Waals surface area contributed by atoms with Crippen molar-refractivity contribution in [2.45, 2.75) is 44.2 Å². The molecule has 0 aromatic heterocycles. The Morgan fingerprint density at radius 2 is 1.50 bits per heavy atom. The number of piperidine rings is 1. The molecule has 0 aliphatic carbocycles. The van der Waals surface area contributed by atoms with Crippen LogP contribution in [0.4, 0.5) is 0 Å². The van der Waals surface area contributed by atoms with Gasteiger partial charge < -0.3 is 4.90 Å². The fourth-order valence-corrected chi connectivity index (χ4v) is 2.38. The van der Waals surface area contributed by atoms with Crippen molar-refractivity contribution in [2.75, 3.05) is 7.05 Å². The Balaban J connectivity index is 0.000000500. The van der Waals surface area contributed by atoms with Crippen LogP contribution in [0, 0.1) is 0 Å². The topological polar surface area (TPSA) is 3.24 Å². The van der Waals surface area contributed by atoms with Gasteiger partial charge in [-0.3, -0.25) is 0 Å². The molecule has 2 saturated heterocycles. The van der Waals surface area contributed by atoms with E-state index in [0.717, 1.165) is 12.1 Å². The molecular formula is C8H15IrN.